The molecule has 2 N–H and O–H groups in total. The molecule has 14 nitrogen and oxygen atoms in total. The number of pyridine rings is 2. The van der Waals surface area contributed by atoms with E-state index in [1.54, 1.807) is 0 Å². The molecule has 4 aromatic rings. The third-order valence-electron chi connectivity index (χ3n) is 10.6. The maximum atomic E-state index is 14.6. The Bertz CT molecular complexity index is 2680. The number of carbonyl (C=O) groups excluding carboxylic acids is 4. The maximum absolute atomic E-state index is 14.6. The Labute approximate surface area is 382 Å². The first kappa shape index (κ1) is 50.7. The number of carbonyl (C=O) groups is 4. The van der Waals surface area contributed by atoms with Crippen molar-refractivity contribution < 1.29 is 82.8 Å². The van der Waals surface area contributed by atoms with Gasteiger partial charge in [-0.3, -0.25) is 29.0 Å². The van der Waals surface area contributed by atoms with Crippen LogP contribution in [0.1, 0.15) is 36.4 Å². The number of likely N-dealkylation sites (N-methyl/N-ethyl adjacent to an activating group) is 2. The minimum Gasteiger partial charge on any atom is -0.387 e. The number of aliphatic hydroxyl groups excluding tert-OH is 2. The molecule has 0 spiro atoms. The largest absolute Gasteiger partial charge is 0.416 e. The molecule has 67 heavy (non-hydrogen) atoms. The summed E-state index contributed by atoms with van der Waals surface area (Å²) < 4.78 is 147. The third-order valence-corrected chi connectivity index (χ3v) is 11.3. The number of rotatable bonds is 6. The molecule has 4 amide bonds. The number of ether oxygens (including phenoxy) is 2. The standard InChI is InChI=1S/C22H19ClF5N3O4.C19H15ClF5N3O4/c1-9-7-10(22(26,27)28)8-13(29-9)31-16(17-18(20(31)33)35-21(2,3)34-17)19(32)30(4)12-6-5-11(24)14(23)15(12)25;1-7-5-8(19(23,24)25)6-11(26-7)28-14(15(29)16(30)18(28)32)17(31)27(2)10-4-3-9(21)12(20)13(10)22/h5-8,16-18H,1-4H3;3-6,14-16,29-30H,1-2H3/t16-,17-,18-;14-,15-,16-/m00/s1. The molecule has 5 heterocycles. The molecule has 3 fully saturated rings. The number of hydrogen-bond donors (Lipinski definition) is 2. The molecular formula is C41H34Cl2F10N6O8. The number of anilines is 4. The minimum atomic E-state index is -4.81. The van der Waals surface area contributed by atoms with Crippen LogP contribution in [-0.2, 0) is 41.0 Å². The topological polar surface area (TPSA) is 166 Å². The van der Waals surface area contributed by atoms with Crippen LogP contribution in [-0.4, -0.2) is 100 Å². The molecule has 2 aromatic heterocycles. The van der Waals surface area contributed by atoms with E-state index in [0.29, 0.717) is 28.0 Å². The summed E-state index contributed by atoms with van der Waals surface area (Å²) in [6, 6.07) is 2.53. The predicted molar refractivity (Wildman–Crippen MR) is 216 cm³/mol. The average Bonchev–Trinajstić information content (AvgIpc) is 3.78. The zero-order chi connectivity index (χ0) is 50.2. The third kappa shape index (κ3) is 9.59. The van der Waals surface area contributed by atoms with Crippen molar-refractivity contribution in [1.29, 1.82) is 0 Å². The van der Waals surface area contributed by atoms with Gasteiger partial charge in [-0.1, -0.05) is 23.2 Å². The lowest BCUT2D eigenvalue weighted by molar-refractivity contribution is -0.161. The van der Waals surface area contributed by atoms with E-state index in [-0.39, 0.29) is 11.4 Å². The number of aromatic nitrogens is 2. The zero-order valence-electron chi connectivity index (χ0n) is 35.1. The van der Waals surface area contributed by atoms with Crippen LogP contribution in [0.25, 0.3) is 0 Å². The highest BCUT2D eigenvalue weighted by molar-refractivity contribution is 6.31. The summed E-state index contributed by atoms with van der Waals surface area (Å²) in [5.74, 6) is -11.4. The Morgan fingerprint density at radius 2 is 1.09 bits per heavy atom. The summed E-state index contributed by atoms with van der Waals surface area (Å²) in [5, 5.41) is 18.5. The Hall–Kier alpha value is -5.66. The molecule has 0 bridgehead atoms. The fourth-order valence-electron chi connectivity index (χ4n) is 7.46. The van der Waals surface area contributed by atoms with E-state index in [9.17, 15) is 73.3 Å². The minimum absolute atomic E-state index is 0.0576. The van der Waals surface area contributed by atoms with Gasteiger partial charge in [0.1, 0.15) is 57.6 Å². The molecule has 0 aliphatic carbocycles. The van der Waals surface area contributed by atoms with E-state index in [1.807, 2.05) is 0 Å². The van der Waals surface area contributed by atoms with E-state index in [4.69, 9.17) is 32.7 Å². The number of nitrogens with zero attached hydrogens (tertiary/aromatic N) is 6. The van der Waals surface area contributed by atoms with E-state index >= 15 is 0 Å². The van der Waals surface area contributed by atoms with Crippen LogP contribution in [0.5, 0.6) is 0 Å². The summed E-state index contributed by atoms with van der Waals surface area (Å²) in [6.45, 7) is 5.51. The molecule has 3 saturated heterocycles. The number of fused-ring (bicyclic) bond motifs is 1. The second kappa shape index (κ2) is 18.1. The van der Waals surface area contributed by atoms with Gasteiger partial charge in [0.25, 0.3) is 23.6 Å². The molecule has 6 atom stereocenters. The molecule has 0 radical (unpaired) electrons. The summed E-state index contributed by atoms with van der Waals surface area (Å²) in [4.78, 5) is 62.8. The predicted octanol–water partition coefficient (Wildman–Crippen LogP) is 6.68. The van der Waals surface area contributed by atoms with Crippen LogP contribution in [0.3, 0.4) is 0 Å². The number of aryl methyl sites for hydroxylation is 2. The fraction of sp³-hybridized carbons (Fsp3) is 0.366. The van der Waals surface area contributed by atoms with Crippen LogP contribution < -0.4 is 19.6 Å². The van der Waals surface area contributed by atoms with Gasteiger partial charge in [0.2, 0.25) is 0 Å². The van der Waals surface area contributed by atoms with Crippen molar-refractivity contribution >= 4 is 69.8 Å². The molecule has 3 aliphatic rings. The first-order chi connectivity index (χ1) is 30.9. The molecular weight excluding hydrogens is 965 g/mol. The molecule has 360 valence electrons. The quantitative estimate of drug-likeness (QED) is 0.157. The van der Waals surface area contributed by atoms with E-state index in [1.165, 1.54) is 27.7 Å². The molecule has 7 rings (SSSR count). The van der Waals surface area contributed by atoms with Gasteiger partial charge < -0.3 is 29.5 Å². The lowest BCUT2D eigenvalue weighted by atomic mass is 10.1. The van der Waals surface area contributed by atoms with Gasteiger partial charge >= 0.3 is 12.4 Å². The number of aliphatic hydroxyl groups is 2. The Morgan fingerprint density at radius 1 is 0.687 bits per heavy atom. The monoisotopic (exact) mass is 998 g/mol. The smallest absolute Gasteiger partial charge is 0.387 e. The van der Waals surface area contributed by atoms with E-state index < -0.39 is 146 Å². The summed E-state index contributed by atoms with van der Waals surface area (Å²) >= 11 is 11.1. The summed E-state index contributed by atoms with van der Waals surface area (Å²) in [7, 11) is 2.16. The highest BCUT2D eigenvalue weighted by Crippen LogP contribution is 2.43. The van der Waals surface area contributed by atoms with Gasteiger partial charge in [0, 0.05) is 25.5 Å². The van der Waals surface area contributed by atoms with Crippen LogP contribution >= 0.6 is 23.2 Å². The van der Waals surface area contributed by atoms with Crippen molar-refractivity contribution in [3.63, 3.8) is 0 Å². The number of halogens is 12. The Morgan fingerprint density at radius 3 is 1.51 bits per heavy atom. The number of amides is 4. The van der Waals surface area contributed by atoms with E-state index in [2.05, 4.69) is 9.97 Å². The van der Waals surface area contributed by atoms with Crippen molar-refractivity contribution in [2.24, 2.45) is 0 Å². The highest BCUT2D eigenvalue weighted by atomic mass is 35.5. The van der Waals surface area contributed by atoms with Crippen molar-refractivity contribution in [3.8, 4) is 0 Å². The maximum Gasteiger partial charge on any atom is 0.416 e. The summed E-state index contributed by atoms with van der Waals surface area (Å²) in [5.41, 5.74) is -3.42. The van der Waals surface area contributed by atoms with Gasteiger partial charge in [0.05, 0.1) is 22.5 Å². The molecule has 0 unspecified atom stereocenters. The van der Waals surface area contributed by atoms with Gasteiger partial charge in [0.15, 0.2) is 29.6 Å². The summed E-state index contributed by atoms with van der Waals surface area (Å²) in [6.07, 6.45) is -16.4. The first-order valence-electron chi connectivity index (χ1n) is 19.2. The van der Waals surface area contributed by atoms with Gasteiger partial charge in [-0.05, 0) is 76.2 Å². The van der Waals surface area contributed by atoms with Gasteiger partial charge in [-0.25, -0.2) is 27.5 Å². The second-order valence-corrected chi connectivity index (χ2v) is 16.4. The van der Waals surface area contributed by atoms with Crippen LogP contribution in [0.15, 0.2) is 48.5 Å². The zero-order valence-corrected chi connectivity index (χ0v) is 36.7. The van der Waals surface area contributed by atoms with Crippen LogP contribution in [0.2, 0.25) is 10.0 Å². The molecule has 2 aromatic carbocycles. The highest BCUT2D eigenvalue weighted by Gasteiger charge is 2.62. The first-order valence-corrected chi connectivity index (χ1v) is 19.9. The number of benzene rings is 2. The van der Waals surface area contributed by atoms with Crippen molar-refractivity contribution in [2.75, 3.05) is 33.7 Å². The van der Waals surface area contributed by atoms with Gasteiger partial charge in [-0.2, -0.15) is 26.3 Å². The number of hydrogen-bond acceptors (Lipinski definition) is 10. The molecule has 26 heteroatoms. The van der Waals surface area contributed by atoms with Crippen molar-refractivity contribution in [3.05, 3.63) is 104 Å². The SMILES string of the molecule is Cc1cc(C(F)(F)F)cc(N2C(=O)[C@@H](O)[C@@H](O)[C@H]2C(=O)N(C)c2ccc(F)c(Cl)c2F)n1.Cc1cc(C(F)(F)F)cc(N2C(=O)[C@H]3OC(C)(C)O[C@H]3[C@H]2C(=O)N(C)c2ccc(F)c(Cl)c2F)n1. The Kier molecular flexibility index (Phi) is 13.7. The number of alkyl halides is 6. The lowest BCUT2D eigenvalue weighted by Gasteiger charge is -2.31. The van der Waals surface area contributed by atoms with Crippen molar-refractivity contribution in [2.45, 2.75) is 82.3 Å². The fourth-order valence-corrected chi connectivity index (χ4v) is 7.78. The van der Waals surface area contributed by atoms with Crippen LogP contribution in [0.4, 0.5) is 66.9 Å². The average molecular weight is 1000 g/mol. The van der Waals surface area contributed by atoms with Crippen LogP contribution in [0, 0.1) is 37.1 Å². The van der Waals surface area contributed by atoms with E-state index in [0.717, 1.165) is 54.2 Å². The van der Waals surface area contributed by atoms with Gasteiger partial charge in [-0.15, -0.1) is 0 Å². The normalized spacial score (nSPS) is 22.4. The lowest BCUT2D eigenvalue weighted by Crippen LogP contribution is -2.51. The second-order valence-electron chi connectivity index (χ2n) is 15.7. The molecule has 0 saturated carbocycles. The Balaban J connectivity index is 0.000000222. The molecule has 3 aliphatic heterocycles. The van der Waals surface area contributed by atoms with Crippen molar-refractivity contribution in [1.82, 2.24) is 9.97 Å².